The van der Waals surface area contributed by atoms with Gasteiger partial charge in [-0.3, -0.25) is 0 Å². The molecule has 0 aliphatic heterocycles. The van der Waals surface area contributed by atoms with E-state index in [-0.39, 0.29) is 30.0 Å². The van der Waals surface area contributed by atoms with E-state index < -0.39 is 17.4 Å². The van der Waals surface area contributed by atoms with Gasteiger partial charge < -0.3 is 23.7 Å². The van der Waals surface area contributed by atoms with Gasteiger partial charge in [-0.05, 0) is 88.5 Å². The molecule has 186 valence electrons. The normalized spacial score (nSPS) is 18.4. The zero-order valence-corrected chi connectivity index (χ0v) is 22.3. The maximum Gasteiger partial charge on any atom is 0.509 e. The minimum atomic E-state index is -0.796. The van der Waals surface area contributed by atoms with Gasteiger partial charge in [0.1, 0.15) is 11.7 Å². The minimum Gasteiger partial charge on any atom is -0.431 e. The molecular weight excluding hydrogens is 396 g/mol. The first kappa shape index (κ1) is 30.1. The number of carbonyl (C=O) groups excluding carboxylic acids is 1. The maximum atomic E-state index is 12.6. The topological polar surface area (TPSA) is 63.2 Å². The van der Waals surface area contributed by atoms with Crippen LogP contribution in [0.5, 0.6) is 0 Å². The van der Waals surface area contributed by atoms with Gasteiger partial charge in [0.25, 0.3) is 0 Å². The Labute approximate surface area is 191 Å². The highest BCUT2D eigenvalue weighted by Crippen LogP contribution is 2.30. The van der Waals surface area contributed by atoms with Crippen molar-refractivity contribution >= 4 is 6.16 Å². The first-order valence-corrected chi connectivity index (χ1v) is 11.9. The number of hydrogen-bond donors (Lipinski definition) is 0. The minimum absolute atomic E-state index is 0.111. The van der Waals surface area contributed by atoms with Crippen LogP contribution in [0.4, 0.5) is 4.79 Å². The molecule has 6 heteroatoms. The number of hydrogen-bond acceptors (Lipinski definition) is 6. The molecule has 31 heavy (non-hydrogen) atoms. The summed E-state index contributed by atoms with van der Waals surface area (Å²) in [7, 11) is 0. The predicted octanol–water partition coefficient (Wildman–Crippen LogP) is 6.68. The van der Waals surface area contributed by atoms with Gasteiger partial charge in [0.05, 0.1) is 29.5 Å². The van der Waals surface area contributed by atoms with Crippen LogP contribution in [-0.4, -0.2) is 54.0 Å². The summed E-state index contributed by atoms with van der Waals surface area (Å²) in [5, 5.41) is 0. The van der Waals surface area contributed by atoms with E-state index in [1.807, 2.05) is 69.2 Å². The maximum absolute atomic E-state index is 12.6. The Kier molecular flexibility index (Phi) is 12.6. The summed E-state index contributed by atoms with van der Waals surface area (Å²) >= 11 is 0. The predicted molar refractivity (Wildman–Crippen MR) is 126 cm³/mol. The molecule has 0 spiro atoms. The zero-order chi connectivity index (χ0) is 24.5. The Balaban J connectivity index is 4.90. The number of ether oxygens (including phenoxy) is 5. The van der Waals surface area contributed by atoms with Crippen molar-refractivity contribution in [3.05, 3.63) is 0 Å². The van der Waals surface area contributed by atoms with E-state index in [4.69, 9.17) is 23.7 Å². The number of rotatable bonds is 15. The summed E-state index contributed by atoms with van der Waals surface area (Å²) in [6, 6.07) is 0. The molecule has 0 amide bonds. The fraction of sp³-hybridized carbons (Fsp3) is 0.960. The van der Waals surface area contributed by atoms with Crippen LogP contribution in [0.25, 0.3) is 0 Å². The molecule has 0 heterocycles. The van der Waals surface area contributed by atoms with Gasteiger partial charge >= 0.3 is 6.16 Å². The van der Waals surface area contributed by atoms with Crippen molar-refractivity contribution in [2.75, 3.05) is 6.61 Å². The van der Waals surface area contributed by atoms with Crippen molar-refractivity contribution < 1.29 is 28.5 Å². The summed E-state index contributed by atoms with van der Waals surface area (Å²) in [5.74, 6) is 0. The second-order valence-electron chi connectivity index (χ2n) is 10.3. The molecule has 0 rings (SSSR count). The van der Waals surface area contributed by atoms with Gasteiger partial charge in [0.2, 0.25) is 0 Å². The smallest absolute Gasteiger partial charge is 0.431 e. The van der Waals surface area contributed by atoms with Crippen LogP contribution in [0.3, 0.4) is 0 Å². The Morgan fingerprint density at radius 3 is 1.87 bits per heavy atom. The first-order valence-electron chi connectivity index (χ1n) is 11.9. The molecule has 0 fully saturated rings. The van der Waals surface area contributed by atoms with E-state index >= 15 is 0 Å². The molecule has 0 aliphatic rings. The molecular formula is C25H50O6. The van der Waals surface area contributed by atoms with Crippen LogP contribution in [-0.2, 0) is 23.7 Å². The fourth-order valence-corrected chi connectivity index (χ4v) is 3.52. The van der Waals surface area contributed by atoms with Gasteiger partial charge in [0, 0.05) is 13.0 Å². The Morgan fingerprint density at radius 2 is 1.42 bits per heavy atom. The van der Waals surface area contributed by atoms with E-state index in [2.05, 4.69) is 13.8 Å². The van der Waals surface area contributed by atoms with Crippen LogP contribution >= 0.6 is 0 Å². The lowest BCUT2D eigenvalue weighted by Gasteiger charge is -2.39. The Hall–Kier alpha value is -0.850. The summed E-state index contributed by atoms with van der Waals surface area (Å²) in [6.07, 6.45) is 1.81. The highest BCUT2D eigenvalue weighted by atomic mass is 16.7. The summed E-state index contributed by atoms with van der Waals surface area (Å²) in [4.78, 5) is 12.6. The summed E-state index contributed by atoms with van der Waals surface area (Å²) in [6.45, 7) is 24.6. The van der Waals surface area contributed by atoms with E-state index in [1.54, 1.807) is 0 Å². The van der Waals surface area contributed by atoms with Crippen LogP contribution in [0, 0.1) is 0 Å². The molecule has 0 saturated carbocycles. The Morgan fingerprint density at radius 1 is 0.839 bits per heavy atom. The van der Waals surface area contributed by atoms with Crippen LogP contribution < -0.4 is 0 Å². The SMILES string of the molecule is CCC(C)(CC(C)OC(=O)OC(C)(CC)C(C)OC(C)(C)CCOC(C)C)OC(C)C. The third-order valence-electron chi connectivity index (χ3n) is 5.81. The molecule has 4 atom stereocenters. The Bertz CT molecular complexity index is 518. The van der Waals surface area contributed by atoms with Crippen LogP contribution in [0.15, 0.2) is 0 Å². The molecule has 0 aliphatic carbocycles. The van der Waals surface area contributed by atoms with E-state index in [9.17, 15) is 4.79 Å². The summed E-state index contributed by atoms with van der Waals surface area (Å²) < 4.78 is 29.3. The zero-order valence-electron chi connectivity index (χ0n) is 22.3. The molecule has 6 nitrogen and oxygen atoms in total. The van der Waals surface area contributed by atoms with Gasteiger partial charge in [-0.1, -0.05) is 13.8 Å². The lowest BCUT2D eigenvalue weighted by molar-refractivity contribution is -0.170. The summed E-state index contributed by atoms with van der Waals surface area (Å²) in [5.41, 5.74) is -1.54. The van der Waals surface area contributed by atoms with Crippen LogP contribution in [0.2, 0.25) is 0 Å². The van der Waals surface area contributed by atoms with E-state index in [1.165, 1.54) is 0 Å². The quantitative estimate of drug-likeness (QED) is 0.261. The molecule has 0 aromatic rings. The van der Waals surface area contributed by atoms with Gasteiger partial charge in [-0.2, -0.15) is 0 Å². The molecule has 0 bridgehead atoms. The average molecular weight is 447 g/mol. The second kappa shape index (κ2) is 13.0. The molecule has 4 unspecified atom stereocenters. The standard InChI is InChI=1S/C25H50O6/c1-13-24(11,29-19(5)6)17-20(7)28-22(26)31-25(12,14-2)21(8)30-23(9,10)15-16-27-18(3)4/h18-21H,13-17H2,1-12H3. The highest BCUT2D eigenvalue weighted by molar-refractivity contribution is 5.60. The van der Waals surface area contributed by atoms with Crippen molar-refractivity contribution in [1.29, 1.82) is 0 Å². The van der Waals surface area contributed by atoms with E-state index in [0.29, 0.717) is 19.4 Å². The van der Waals surface area contributed by atoms with Gasteiger partial charge in [0.15, 0.2) is 0 Å². The molecule has 0 saturated heterocycles. The molecule has 0 aromatic carbocycles. The lowest BCUT2D eigenvalue weighted by Crippen LogP contribution is -2.47. The number of carbonyl (C=O) groups is 1. The molecule has 0 radical (unpaired) electrons. The highest BCUT2D eigenvalue weighted by Gasteiger charge is 2.39. The van der Waals surface area contributed by atoms with Gasteiger partial charge in [-0.15, -0.1) is 0 Å². The second-order valence-corrected chi connectivity index (χ2v) is 10.3. The van der Waals surface area contributed by atoms with Crippen molar-refractivity contribution in [3.8, 4) is 0 Å². The monoisotopic (exact) mass is 446 g/mol. The van der Waals surface area contributed by atoms with E-state index in [0.717, 1.165) is 12.8 Å². The lowest BCUT2D eigenvalue weighted by atomic mass is 9.95. The van der Waals surface area contributed by atoms with Crippen molar-refractivity contribution in [1.82, 2.24) is 0 Å². The molecule has 0 N–H and O–H groups in total. The van der Waals surface area contributed by atoms with Gasteiger partial charge in [-0.25, -0.2) is 4.79 Å². The van der Waals surface area contributed by atoms with Crippen LogP contribution in [0.1, 0.15) is 109 Å². The largest absolute Gasteiger partial charge is 0.509 e. The van der Waals surface area contributed by atoms with Crippen molar-refractivity contribution in [3.63, 3.8) is 0 Å². The first-order chi connectivity index (χ1) is 14.1. The molecule has 0 aromatic heterocycles. The van der Waals surface area contributed by atoms with Crippen molar-refractivity contribution in [2.45, 2.75) is 150 Å². The third-order valence-corrected chi connectivity index (χ3v) is 5.81. The van der Waals surface area contributed by atoms with Crippen molar-refractivity contribution in [2.24, 2.45) is 0 Å². The third kappa shape index (κ3) is 12.1. The fourth-order valence-electron chi connectivity index (χ4n) is 3.52. The average Bonchev–Trinajstić information content (AvgIpc) is 2.59.